The molecule has 2 heterocycles. The summed E-state index contributed by atoms with van der Waals surface area (Å²) in [5.74, 6) is -0.565. The molecule has 0 atom stereocenters. The van der Waals surface area contributed by atoms with Gasteiger partial charge in [0.15, 0.2) is 0 Å². The lowest BCUT2D eigenvalue weighted by Gasteiger charge is -2.08. The van der Waals surface area contributed by atoms with Crippen molar-refractivity contribution in [2.45, 2.75) is 13.0 Å². The maximum atomic E-state index is 12.2. The smallest absolute Gasteiger partial charge is 0.293 e. The second kappa shape index (κ2) is 6.93. The number of rotatable bonds is 0. The Labute approximate surface area is 149 Å². The highest BCUT2D eigenvalue weighted by molar-refractivity contribution is 5.89. The van der Waals surface area contributed by atoms with Crippen molar-refractivity contribution in [2.75, 3.05) is 6.61 Å². The van der Waals surface area contributed by atoms with Gasteiger partial charge in [-0.15, -0.1) is 0 Å². The largest absolute Gasteiger partial charge is 0.373 e. The van der Waals surface area contributed by atoms with Gasteiger partial charge in [0.2, 0.25) is 0 Å². The summed E-state index contributed by atoms with van der Waals surface area (Å²) >= 11 is 0. The van der Waals surface area contributed by atoms with Crippen molar-refractivity contribution in [3.8, 4) is 11.3 Å². The van der Waals surface area contributed by atoms with Gasteiger partial charge >= 0.3 is 5.97 Å². The minimum absolute atomic E-state index is 0.203. The fourth-order valence-corrected chi connectivity index (χ4v) is 2.87. The standard InChI is InChI=1S/C20H16N2O4/c23-19-8-7-18-16-5-1-3-14(11-16)9-10-25-26-20(24)17-6-2-4-15(12-17)13-22(19)21-18/h1-8,11-12H,9-10,13H2. The Hall–Kier alpha value is -3.25. The van der Waals surface area contributed by atoms with Crippen LogP contribution in [-0.2, 0) is 22.7 Å². The average Bonchev–Trinajstić information content (AvgIpc) is 2.67. The average molecular weight is 348 g/mol. The molecule has 0 aliphatic carbocycles. The highest BCUT2D eigenvalue weighted by Gasteiger charge is 2.12. The molecule has 0 N–H and O–H groups in total. The van der Waals surface area contributed by atoms with Crippen molar-refractivity contribution >= 4 is 5.97 Å². The maximum Gasteiger partial charge on any atom is 0.373 e. The van der Waals surface area contributed by atoms with Gasteiger partial charge in [0.05, 0.1) is 24.4 Å². The van der Waals surface area contributed by atoms with Gasteiger partial charge in [0.1, 0.15) is 0 Å². The zero-order chi connectivity index (χ0) is 17.9. The number of carbonyl (C=O) groups is 1. The third kappa shape index (κ3) is 3.41. The van der Waals surface area contributed by atoms with Crippen LogP contribution in [0.1, 0.15) is 21.5 Å². The van der Waals surface area contributed by atoms with E-state index in [-0.39, 0.29) is 18.7 Å². The van der Waals surface area contributed by atoms with E-state index in [0.29, 0.717) is 17.7 Å². The molecule has 3 aromatic rings. The molecule has 0 fully saturated rings. The van der Waals surface area contributed by atoms with Gasteiger partial charge in [0, 0.05) is 11.6 Å². The third-order valence-electron chi connectivity index (χ3n) is 4.19. The lowest BCUT2D eigenvalue weighted by molar-refractivity contribution is -0.239. The summed E-state index contributed by atoms with van der Waals surface area (Å²) in [6, 6.07) is 17.9. The van der Waals surface area contributed by atoms with Gasteiger partial charge in [-0.05, 0) is 41.8 Å². The van der Waals surface area contributed by atoms with Crippen LogP contribution in [0, 0.1) is 0 Å². The Balaban J connectivity index is 1.81. The molecule has 4 rings (SSSR count). The first-order chi connectivity index (χ1) is 12.7. The Morgan fingerprint density at radius 2 is 1.65 bits per heavy atom. The van der Waals surface area contributed by atoms with Crippen LogP contribution in [0.25, 0.3) is 11.3 Å². The summed E-state index contributed by atoms with van der Waals surface area (Å²) in [6.07, 6.45) is 0.584. The summed E-state index contributed by atoms with van der Waals surface area (Å²) in [6.45, 7) is 0.510. The van der Waals surface area contributed by atoms with Crippen molar-refractivity contribution in [2.24, 2.45) is 0 Å². The van der Waals surface area contributed by atoms with Crippen LogP contribution in [0.15, 0.2) is 65.5 Å². The van der Waals surface area contributed by atoms with E-state index in [1.54, 1.807) is 24.3 Å². The predicted octanol–water partition coefficient (Wildman–Crippen LogP) is 2.60. The van der Waals surface area contributed by atoms with Crippen LogP contribution in [0.4, 0.5) is 0 Å². The first kappa shape index (κ1) is 16.2. The molecule has 6 heteroatoms. The molecule has 1 aliphatic heterocycles. The molecule has 6 bridgehead atoms. The summed E-state index contributed by atoms with van der Waals surface area (Å²) in [5.41, 5.74) is 3.58. The molecule has 0 spiro atoms. The molecular weight excluding hydrogens is 332 g/mol. The lowest BCUT2D eigenvalue weighted by atomic mass is 10.1. The van der Waals surface area contributed by atoms with E-state index in [4.69, 9.17) is 9.78 Å². The highest BCUT2D eigenvalue weighted by Crippen LogP contribution is 2.18. The molecule has 0 radical (unpaired) electrons. The van der Waals surface area contributed by atoms with Gasteiger partial charge in [-0.1, -0.05) is 30.3 Å². The van der Waals surface area contributed by atoms with E-state index < -0.39 is 5.97 Å². The van der Waals surface area contributed by atoms with Crippen LogP contribution in [0.5, 0.6) is 0 Å². The Morgan fingerprint density at radius 1 is 0.885 bits per heavy atom. The number of benzene rings is 2. The first-order valence-electron chi connectivity index (χ1n) is 8.29. The molecule has 26 heavy (non-hydrogen) atoms. The van der Waals surface area contributed by atoms with Gasteiger partial charge in [-0.3, -0.25) is 9.68 Å². The number of nitrogens with zero attached hydrogens (tertiary/aromatic N) is 2. The first-order valence-corrected chi connectivity index (χ1v) is 8.29. The summed E-state index contributed by atoms with van der Waals surface area (Å²) in [7, 11) is 0. The molecule has 130 valence electrons. The third-order valence-corrected chi connectivity index (χ3v) is 4.19. The van der Waals surface area contributed by atoms with Crippen LogP contribution < -0.4 is 5.56 Å². The Kier molecular flexibility index (Phi) is 4.33. The van der Waals surface area contributed by atoms with E-state index in [1.165, 1.54) is 10.7 Å². The monoisotopic (exact) mass is 348 g/mol. The van der Waals surface area contributed by atoms with Crippen molar-refractivity contribution in [1.29, 1.82) is 0 Å². The molecule has 2 aromatic carbocycles. The number of carbonyl (C=O) groups excluding carboxylic acids is 1. The van der Waals surface area contributed by atoms with Crippen LogP contribution in [0.2, 0.25) is 0 Å². The van der Waals surface area contributed by atoms with Crippen molar-refractivity contribution in [3.05, 3.63) is 87.7 Å². The highest BCUT2D eigenvalue weighted by atomic mass is 17.2. The van der Waals surface area contributed by atoms with E-state index in [2.05, 4.69) is 5.10 Å². The fraction of sp³-hybridized carbons (Fsp3) is 0.150. The van der Waals surface area contributed by atoms with E-state index >= 15 is 0 Å². The lowest BCUT2D eigenvalue weighted by Crippen LogP contribution is -2.23. The van der Waals surface area contributed by atoms with Gasteiger partial charge < -0.3 is 0 Å². The topological polar surface area (TPSA) is 70.4 Å². The molecule has 0 amide bonds. The van der Waals surface area contributed by atoms with Crippen LogP contribution in [0.3, 0.4) is 0 Å². The molecule has 0 saturated heterocycles. The molecule has 0 unspecified atom stereocenters. The van der Waals surface area contributed by atoms with E-state index in [0.717, 1.165) is 16.7 Å². The predicted molar refractivity (Wildman–Crippen MR) is 94.5 cm³/mol. The number of fused-ring (bicyclic) bond motifs is 7. The second-order valence-electron chi connectivity index (χ2n) is 6.06. The summed E-state index contributed by atoms with van der Waals surface area (Å²) in [4.78, 5) is 34.2. The van der Waals surface area contributed by atoms with Crippen molar-refractivity contribution < 1.29 is 14.6 Å². The minimum Gasteiger partial charge on any atom is -0.293 e. The zero-order valence-electron chi connectivity index (χ0n) is 13.9. The second-order valence-corrected chi connectivity index (χ2v) is 6.06. The van der Waals surface area contributed by atoms with Crippen molar-refractivity contribution in [1.82, 2.24) is 9.78 Å². The number of hydrogen-bond donors (Lipinski definition) is 0. The van der Waals surface area contributed by atoms with Gasteiger partial charge in [-0.25, -0.2) is 9.48 Å². The number of hydrogen-bond acceptors (Lipinski definition) is 5. The van der Waals surface area contributed by atoms with E-state index in [9.17, 15) is 9.59 Å². The quantitative estimate of drug-likeness (QED) is 0.584. The minimum atomic E-state index is -0.565. The molecule has 1 aromatic heterocycles. The maximum absolute atomic E-state index is 12.2. The van der Waals surface area contributed by atoms with Crippen molar-refractivity contribution in [3.63, 3.8) is 0 Å². The summed E-state index contributed by atoms with van der Waals surface area (Å²) in [5, 5.41) is 4.49. The van der Waals surface area contributed by atoms with Gasteiger partial charge in [0.25, 0.3) is 5.56 Å². The van der Waals surface area contributed by atoms with Crippen LogP contribution >= 0.6 is 0 Å². The Morgan fingerprint density at radius 3 is 2.54 bits per heavy atom. The number of aromatic nitrogens is 2. The van der Waals surface area contributed by atoms with E-state index in [1.807, 2.05) is 30.3 Å². The SMILES string of the molecule is O=C1OOCCc2cccc(c2)-c2ccc(=O)n(n2)Cc2cccc1c2. The van der Waals surface area contributed by atoms with Crippen LogP contribution in [-0.4, -0.2) is 22.4 Å². The Bertz CT molecular complexity index is 1030. The molecular formula is C20H16N2O4. The van der Waals surface area contributed by atoms with Gasteiger partial charge in [-0.2, -0.15) is 9.99 Å². The molecule has 6 nitrogen and oxygen atoms in total. The molecule has 0 saturated carbocycles. The molecule has 1 aliphatic rings. The normalized spacial score (nSPS) is 14.1. The zero-order valence-corrected chi connectivity index (χ0v) is 13.9. The summed E-state index contributed by atoms with van der Waals surface area (Å²) < 4.78 is 1.39. The fourth-order valence-electron chi connectivity index (χ4n) is 2.87.